The lowest BCUT2D eigenvalue weighted by molar-refractivity contribution is 0.101. The lowest BCUT2D eigenvalue weighted by Crippen LogP contribution is -2.27. The fourth-order valence-electron chi connectivity index (χ4n) is 2.62. The summed E-state index contributed by atoms with van der Waals surface area (Å²) in [7, 11) is 0. The molecule has 3 rings (SSSR count). The van der Waals surface area contributed by atoms with E-state index in [0.29, 0.717) is 23.9 Å². The molecule has 1 aromatic heterocycles. The molecule has 0 atom stereocenters. The van der Waals surface area contributed by atoms with Gasteiger partial charge < -0.3 is 19.5 Å². The van der Waals surface area contributed by atoms with E-state index in [1.807, 2.05) is 24.3 Å². The fourth-order valence-corrected chi connectivity index (χ4v) is 2.62. The van der Waals surface area contributed by atoms with Gasteiger partial charge in [-0.2, -0.15) is 0 Å². The van der Waals surface area contributed by atoms with Gasteiger partial charge in [0.15, 0.2) is 5.69 Å². The maximum atomic E-state index is 12.2. The number of anilines is 1. The number of rotatable bonds is 9. The molecule has 6 heteroatoms. The minimum absolute atomic E-state index is 0.258. The number of carbonyl (C=O) groups is 1. The van der Waals surface area contributed by atoms with E-state index < -0.39 is 0 Å². The fraction of sp³-hybridized carbons (Fsp3) is 0.474. The molecule has 1 heterocycles. The molecule has 0 spiro atoms. The lowest BCUT2D eigenvalue weighted by atomic mass is 10.2. The third-order valence-corrected chi connectivity index (χ3v) is 4.42. The van der Waals surface area contributed by atoms with Gasteiger partial charge >= 0.3 is 0 Å². The first-order valence-electron chi connectivity index (χ1n) is 8.92. The highest BCUT2D eigenvalue weighted by molar-refractivity contribution is 6.02. The Kier molecular flexibility index (Phi) is 5.71. The van der Waals surface area contributed by atoms with Crippen molar-refractivity contribution < 1.29 is 14.1 Å². The molecule has 0 unspecified atom stereocenters. The second kappa shape index (κ2) is 8.16. The number of nitrogens with one attached hydrogen (secondary N) is 1. The molecule has 6 nitrogen and oxygen atoms in total. The molecule has 134 valence electrons. The molecule has 2 aromatic rings. The molecular weight excluding hydrogens is 318 g/mol. The average Bonchev–Trinajstić information content (AvgIpc) is 3.37. The highest BCUT2D eigenvalue weighted by Crippen LogP contribution is 2.40. The summed E-state index contributed by atoms with van der Waals surface area (Å²) in [5, 5.41) is 6.67. The van der Waals surface area contributed by atoms with Crippen molar-refractivity contribution in [1.29, 1.82) is 0 Å². The quantitative estimate of drug-likeness (QED) is 0.754. The number of aromatic nitrogens is 1. The third-order valence-electron chi connectivity index (χ3n) is 4.42. The lowest BCUT2D eigenvalue weighted by Gasteiger charge is -2.18. The van der Waals surface area contributed by atoms with Crippen LogP contribution >= 0.6 is 0 Å². The number of carbonyl (C=O) groups excluding carboxylic acids is 1. The van der Waals surface area contributed by atoms with E-state index in [4.69, 9.17) is 9.26 Å². The number of hydrogen-bond acceptors (Lipinski definition) is 5. The number of hydrogen-bond donors (Lipinski definition) is 1. The van der Waals surface area contributed by atoms with Crippen LogP contribution in [0.3, 0.4) is 0 Å². The summed E-state index contributed by atoms with van der Waals surface area (Å²) >= 11 is 0. The molecule has 1 aliphatic carbocycles. The number of nitrogens with zero attached hydrogens (tertiary/aromatic N) is 2. The van der Waals surface area contributed by atoms with Crippen LogP contribution in [-0.4, -0.2) is 42.2 Å². The standard InChI is InChI=1S/C19H25N3O3/c1-3-22(4-2)11-12-24-16-9-7-15(8-10-16)20-19(23)17-13-18(25-21-17)14-5-6-14/h7-10,13-14H,3-6,11-12H2,1-2H3,(H,20,23). The SMILES string of the molecule is CCN(CC)CCOc1ccc(NC(=O)c2cc(C3CC3)on2)cc1. The minimum atomic E-state index is -0.258. The zero-order chi connectivity index (χ0) is 17.6. The van der Waals surface area contributed by atoms with Gasteiger partial charge in [0.25, 0.3) is 5.91 Å². The van der Waals surface area contributed by atoms with Crippen LogP contribution in [0.15, 0.2) is 34.9 Å². The second-order valence-electron chi connectivity index (χ2n) is 6.24. The molecule has 25 heavy (non-hydrogen) atoms. The van der Waals surface area contributed by atoms with E-state index in [1.165, 1.54) is 0 Å². The monoisotopic (exact) mass is 343 g/mol. The van der Waals surface area contributed by atoms with Crippen LogP contribution in [0.2, 0.25) is 0 Å². The van der Waals surface area contributed by atoms with Crippen molar-refractivity contribution in [2.45, 2.75) is 32.6 Å². The van der Waals surface area contributed by atoms with Crippen molar-refractivity contribution in [3.8, 4) is 5.75 Å². The molecular formula is C19H25N3O3. The smallest absolute Gasteiger partial charge is 0.277 e. The van der Waals surface area contributed by atoms with E-state index in [0.717, 1.165) is 44.0 Å². The Labute approximate surface area is 148 Å². The molecule has 1 N–H and O–H groups in total. The first-order valence-corrected chi connectivity index (χ1v) is 8.92. The largest absolute Gasteiger partial charge is 0.492 e. The topological polar surface area (TPSA) is 67.6 Å². The van der Waals surface area contributed by atoms with E-state index >= 15 is 0 Å². The van der Waals surface area contributed by atoms with Gasteiger partial charge in [0.1, 0.15) is 18.1 Å². The maximum absolute atomic E-state index is 12.2. The molecule has 1 saturated carbocycles. The Balaban J connectivity index is 1.48. The van der Waals surface area contributed by atoms with Gasteiger partial charge in [0.05, 0.1) is 0 Å². The Morgan fingerprint density at radius 3 is 2.64 bits per heavy atom. The number of likely N-dealkylation sites (N-methyl/N-ethyl adjacent to an activating group) is 1. The van der Waals surface area contributed by atoms with Crippen LogP contribution in [0.4, 0.5) is 5.69 Å². The van der Waals surface area contributed by atoms with E-state index in [9.17, 15) is 4.79 Å². The van der Waals surface area contributed by atoms with Crippen molar-refractivity contribution in [2.75, 3.05) is 31.6 Å². The van der Waals surface area contributed by atoms with E-state index in [-0.39, 0.29) is 5.91 Å². The summed E-state index contributed by atoms with van der Waals surface area (Å²) in [5.41, 5.74) is 1.03. The highest BCUT2D eigenvalue weighted by atomic mass is 16.5. The summed E-state index contributed by atoms with van der Waals surface area (Å²) in [4.78, 5) is 14.5. The molecule has 0 saturated heterocycles. The van der Waals surface area contributed by atoms with Crippen LogP contribution in [0, 0.1) is 0 Å². The van der Waals surface area contributed by atoms with Crippen LogP contribution in [-0.2, 0) is 0 Å². The van der Waals surface area contributed by atoms with E-state index in [1.54, 1.807) is 6.07 Å². The van der Waals surface area contributed by atoms with Gasteiger partial charge in [0.2, 0.25) is 0 Å². The predicted octanol–water partition coefficient (Wildman–Crippen LogP) is 3.52. The molecule has 0 aliphatic heterocycles. The zero-order valence-electron chi connectivity index (χ0n) is 14.8. The van der Waals surface area contributed by atoms with E-state index in [2.05, 4.69) is 29.2 Å². The van der Waals surface area contributed by atoms with Crippen molar-refractivity contribution in [1.82, 2.24) is 10.1 Å². The van der Waals surface area contributed by atoms with Crippen LogP contribution in [0.1, 0.15) is 48.9 Å². The van der Waals surface area contributed by atoms with Crippen molar-refractivity contribution in [3.05, 3.63) is 41.8 Å². The Hall–Kier alpha value is -2.34. The first-order chi connectivity index (χ1) is 12.2. The Morgan fingerprint density at radius 2 is 2.00 bits per heavy atom. The molecule has 1 fully saturated rings. The normalized spacial score (nSPS) is 13.9. The number of amides is 1. The summed E-state index contributed by atoms with van der Waals surface area (Å²) < 4.78 is 11.0. The van der Waals surface area contributed by atoms with Crippen molar-refractivity contribution >= 4 is 11.6 Å². The van der Waals surface area contributed by atoms with Gasteiger partial charge in [-0.15, -0.1) is 0 Å². The molecule has 0 bridgehead atoms. The zero-order valence-corrected chi connectivity index (χ0v) is 14.8. The summed E-state index contributed by atoms with van der Waals surface area (Å²) in [6.07, 6.45) is 2.23. The van der Waals surface area contributed by atoms with Crippen molar-refractivity contribution in [2.24, 2.45) is 0 Å². The molecule has 0 radical (unpaired) electrons. The van der Waals surface area contributed by atoms with Gasteiger partial charge in [-0.25, -0.2) is 0 Å². The Bertz CT molecular complexity index is 688. The molecule has 1 amide bonds. The van der Waals surface area contributed by atoms with Gasteiger partial charge in [0, 0.05) is 24.2 Å². The van der Waals surface area contributed by atoms with Crippen LogP contribution in [0.5, 0.6) is 5.75 Å². The van der Waals surface area contributed by atoms with Crippen molar-refractivity contribution in [3.63, 3.8) is 0 Å². The first kappa shape index (κ1) is 17.5. The third kappa shape index (κ3) is 4.82. The van der Waals surface area contributed by atoms with Crippen LogP contribution in [0.25, 0.3) is 0 Å². The molecule has 1 aliphatic rings. The highest BCUT2D eigenvalue weighted by Gasteiger charge is 2.28. The summed E-state index contributed by atoms with van der Waals surface area (Å²) in [6.45, 7) is 7.88. The Morgan fingerprint density at radius 1 is 1.28 bits per heavy atom. The maximum Gasteiger partial charge on any atom is 0.277 e. The summed E-state index contributed by atoms with van der Waals surface area (Å²) in [5.74, 6) is 1.79. The minimum Gasteiger partial charge on any atom is -0.492 e. The number of benzene rings is 1. The second-order valence-corrected chi connectivity index (χ2v) is 6.24. The van der Waals surface area contributed by atoms with Gasteiger partial charge in [-0.3, -0.25) is 4.79 Å². The van der Waals surface area contributed by atoms with Gasteiger partial charge in [-0.1, -0.05) is 19.0 Å². The predicted molar refractivity (Wildman–Crippen MR) is 96.2 cm³/mol. The van der Waals surface area contributed by atoms with Crippen LogP contribution < -0.4 is 10.1 Å². The number of ether oxygens (including phenoxy) is 1. The summed E-state index contributed by atoms with van der Waals surface area (Å²) in [6, 6.07) is 9.10. The van der Waals surface area contributed by atoms with Gasteiger partial charge in [-0.05, 0) is 50.2 Å². The average molecular weight is 343 g/mol. The molecule has 1 aromatic carbocycles.